The Balaban J connectivity index is 2.55. The van der Waals surface area contributed by atoms with E-state index in [1.807, 2.05) is 0 Å². The molecular weight excluding hydrogens is 352 g/mol. The molecule has 0 heterocycles. The summed E-state index contributed by atoms with van der Waals surface area (Å²) in [6.45, 7) is -0.948. The van der Waals surface area contributed by atoms with E-state index in [1.165, 1.54) is 24.3 Å². The average molecular weight is 362 g/mol. The van der Waals surface area contributed by atoms with Gasteiger partial charge in [-0.05, 0) is 36.4 Å². The number of hydrogen-bond donors (Lipinski definition) is 1. The van der Waals surface area contributed by atoms with Crippen molar-refractivity contribution in [2.24, 2.45) is 0 Å². The monoisotopic (exact) mass is 361 g/mol. The van der Waals surface area contributed by atoms with Crippen molar-refractivity contribution >= 4 is 33.3 Å². The molecule has 0 spiro atoms. The molecule has 0 bridgehead atoms. The van der Waals surface area contributed by atoms with Crippen molar-refractivity contribution in [1.82, 2.24) is 0 Å². The van der Waals surface area contributed by atoms with Gasteiger partial charge in [-0.15, -0.1) is 0 Å². The van der Waals surface area contributed by atoms with Gasteiger partial charge in [0.25, 0.3) is 10.0 Å². The highest BCUT2D eigenvalue weighted by atomic mass is 35.5. The first-order valence-electron chi connectivity index (χ1n) is 6.17. The van der Waals surface area contributed by atoms with Crippen molar-refractivity contribution in [1.29, 1.82) is 0 Å². The van der Waals surface area contributed by atoms with Gasteiger partial charge < -0.3 is 5.11 Å². The first-order valence-corrected chi connectivity index (χ1v) is 7.99. The normalized spacial score (nSPS) is 11.3. The molecule has 0 radical (unpaired) electrons. The Labute approximate surface area is 135 Å². The molecule has 2 aromatic carbocycles. The number of carboxylic acid groups (broad SMARTS) is 1. The van der Waals surface area contributed by atoms with Crippen LogP contribution >= 0.6 is 11.6 Å². The van der Waals surface area contributed by atoms with Crippen LogP contribution in [-0.4, -0.2) is 26.0 Å². The van der Waals surface area contributed by atoms with Crippen LogP contribution in [0.3, 0.4) is 0 Å². The van der Waals surface area contributed by atoms with E-state index in [-0.39, 0.29) is 10.6 Å². The fourth-order valence-corrected chi connectivity index (χ4v) is 3.34. The Morgan fingerprint density at radius 1 is 1.09 bits per heavy atom. The van der Waals surface area contributed by atoms with Gasteiger partial charge in [0.05, 0.1) is 10.6 Å². The zero-order valence-electron chi connectivity index (χ0n) is 11.4. The third-order valence-corrected chi connectivity index (χ3v) is 4.91. The second-order valence-electron chi connectivity index (χ2n) is 4.46. The van der Waals surface area contributed by atoms with E-state index < -0.39 is 34.2 Å². The fraction of sp³-hybridized carbons (Fsp3) is 0.0714. The molecule has 0 aliphatic carbocycles. The maximum atomic E-state index is 13.4. The molecule has 0 amide bonds. The first-order chi connectivity index (χ1) is 10.7. The molecule has 0 atom stereocenters. The number of anilines is 1. The molecule has 9 heteroatoms. The Morgan fingerprint density at radius 2 is 1.70 bits per heavy atom. The highest BCUT2D eigenvalue weighted by Crippen LogP contribution is 2.26. The van der Waals surface area contributed by atoms with E-state index in [9.17, 15) is 22.0 Å². The summed E-state index contributed by atoms with van der Waals surface area (Å²) in [5.74, 6) is -3.91. The Bertz CT molecular complexity index is 840. The number of halogens is 3. The fourth-order valence-electron chi connectivity index (χ4n) is 1.81. The van der Waals surface area contributed by atoms with Gasteiger partial charge in [-0.1, -0.05) is 11.6 Å². The summed E-state index contributed by atoms with van der Waals surface area (Å²) in [6, 6.07) is 7.33. The molecule has 23 heavy (non-hydrogen) atoms. The number of carbonyl (C=O) groups is 1. The summed E-state index contributed by atoms with van der Waals surface area (Å²) < 4.78 is 52.0. The van der Waals surface area contributed by atoms with Crippen LogP contribution in [-0.2, 0) is 14.8 Å². The summed E-state index contributed by atoms with van der Waals surface area (Å²) in [5, 5.41) is 9.22. The number of benzene rings is 2. The second-order valence-corrected chi connectivity index (χ2v) is 6.76. The third-order valence-electron chi connectivity index (χ3n) is 2.87. The Kier molecular flexibility index (Phi) is 4.86. The lowest BCUT2D eigenvalue weighted by Crippen LogP contribution is -2.35. The minimum atomic E-state index is -4.29. The van der Waals surface area contributed by atoms with Crippen molar-refractivity contribution in [2.45, 2.75) is 4.90 Å². The van der Waals surface area contributed by atoms with Gasteiger partial charge in [0.15, 0.2) is 11.6 Å². The van der Waals surface area contributed by atoms with Crippen LogP contribution < -0.4 is 4.31 Å². The molecule has 0 aliphatic rings. The van der Waals surface area contributed by atoms with Crippen molar-refractivity contribution in [3.05, 3.63) is 59.1 Å². The van der Waals surface area contributed by atoms with E-state index in [2.05, 4.69) is 0 Å². The number of carboxylic acids is 1. The Morgan fingerprint density at radius 3 is 2.22 bits per heavy atom. The number of hydrogen-bond acceptors (Lipinski definition) is 3. The van der Waals surface area contributed by atoms with E-state index in [4.69, 9.17) is 16.7 Å². The molecule has 0 aromatic heterocycles. The van der Waals surface area contributed by atoms with Crippen LogP contribution in [0.5, 0.6) is 0 Å². The van der Waals surface area contributed by atoms with Crippen LogP contribution in [0, 0.1) is 11.6 Å². The predicted molar refractivity (Wildman–Crippen MR) is 80.0 cm³/mol. The van der Waals surface area contributed by atoms with Crippen molar-refractivity contribution in [3.63, 3.8) is 0 Å². The molecule has 0 unspecified atom stereocenters. The van der Waals surface area contributed by atoms with Crippen LogP contribution in [0.4, 0.5) is 14.5 Å². The lowest BCUT2D eigenvalue weighted by Gasteiger charge is -2.22. The minimum absolute atomic E-state index is 0.229. The Hall–Kier alpha value is -2.19. The van der Waals surface area contributed by atoms with Gasteiger partial charge in [0.2, 0.25) is 0 Å². The van der Waals surface area contributed by atoms with Gasteiger partial charge in [0.1, 0.15) is 6.54 Å². The first kappa shape index (κ1) is 17.2. The maximum absolute atomic E-state index is 13.4. The minimum Gasteiger partial charge on any atom is -0.480 e. The molecule has 1 N–H and O–H groups in total. The lowest BCUT2D eigenvalue weighted by molar-refractivity contribution is -0.135. The highest BCUT2D eigenvalue weighted by Gasteiger charge is 2.27. The summed E-state index contributed by atoms with van der Waals surface area (Å²) >= 11 is 5.69. The maximum Gasteiger partial charge on any atom is 0.324 e. The highest BCUT2D eigenvalue weighted by molar-refractivity contribution is 7.92. The second kappa shape index (κ2) is 6.51. The number of nitrogens with zero attached hydrogens (tertiary/aromatic N) is 1. The third kappa shape index (κ3) is 3.77. The zero-order chi connectivity index (χ0) is 17.2. The van der Waals surface area contributed by atoms with Gasteiger partial charge in [-0.2, -0.15) is 0 Å². The van der Waals surface area contributed by atoms with E-state index in [0.29, 0.717) is 15.4 Å². The van der Waals surface area contributed by atoms with Crippen LogP contribution in [0.2, 0.25) is 5.02 Å². The molecule has 122 valence electrons. The predicted octanol–water partition coefficient (Wildman–Crippen LogP) is 2.90. The largest absolute Gasteiger partial charge is 0.480 e. The van der Waals surface area contributed by atoms with Crippen LogP contribution in [0.15, 0.2) is 47.4 Å². The van der Waals surface area contributed by atoms with Gasteiger partial charge in [-0.25, -0.2) is 17.2 Å². The molecular formula is C14H10ClF2NO4S. The summed E-state index contributed by atoms with van der Waals surface area (Å²) in [5.41, 5.74) is -0.304. The lowest BCUT2D eigenvalue weighted by atomic mass is 10.3. The number of rotatable bonds is 5. The molecule has 2 aromatic rings. The molecule has 0 aliphatic heterocycles. The van der Waals surface area contributed by atoms with Gasteiger partial charge in [-0.3, -0.25) is 9.10 Å². The van der Waals surface area contributed by atoms with Crippen LogP contribution in [0.25, 0.3) is 0 Å². The number of aliphatic carboxylic acids is 1. The molecule has 0 fully saturated rings. The van der Waals surface area contributed by atoms with Crippen molar-refractivity contribution in [3.8, 4) is 0 Å². The molecule has 5 nitrogen and oxygen atoms in total. The smallest absolute Gasteiger partial charge is 0.324 e. The van der Waals surface area contributed by atoms with E-state index in [1.54, 1.807) is 0 Å². The molecule has 0 saturated carbocycles. The van der Waals surface area contributed by atoms with Crippen molar-refractivity contribution < 1.29 is 27.1 Å². The van der Waals surface area contributed by atoms with Gasteiger partial charge >= 0.3 is 5.97 Å². The standard InChI is InChI=1S/C14H10ClF2NO4S/c15-9-1-4-11(5-2-9)23(21,22)18(8-14(19)20)10-3-6-12(16)13(17)7-10/h1-7H,8H2,(H,19,20). The molecule has 2 rings (SSSR count). The summed E-state index contributed by atoms with van der Waals surface area (Å²) in [6.07, 6.45) is 0. The number of sulfonamides is 1. The van der Waals surface area contributed by atoms with Crippen molar-refractivity contribution in [2.75, 3.05) is 10.8 Å². The SMILES string of the molecule is O=C(O)CN(c1ccc(F)c(F)c1)S(=O)(=O)c1ccc(Cl)cc1. The van der Waals surface area contributed by atoms with E-state index >= 15 is 0 Å². The summed E-state index contributed by atoms with van der Waals surface area (Å²) in [4.78, 5) is 10.7. The topological polar surface area (TPSA) is 74.7 Å². The average Bonchev–Trinajstić information content (AvgIpc) is 2.48. The van der Waals surface area contributed by atoms with E-state index in [0.717, 1.165) is 12.1 Å². The molecule has 0 saturated heterocycles. The summed E-state index contributed by atoms with van der Waals surface area (Å²) in [7, 11) is -4.29. The van der Waals surface area contributed by atoms with Gasteiger partial charge in [0, 0.05) is 11.1 Å². The quantitative estimate of drug-likeness (QED) is 0.888. The zero-order valence-corrected chi connectivity index (χ0v) is 13.0. The van der Waals surface area contributed by atoms with Crippen LogP contribution in [0.1, 0.15) is 0 Å².